The molecule has 0 saturated heterocycles. The maximum Gasteiger partial charge on any atom is 0.338 e. The number of esters is 4. The third kappa shape index (κ3) is 5.49. The number of fused-ring (bicyclic) bond motifs is 3. The Morgan fingerprint density at radius 2 is 1.03 bits per heavy atom. The first-order valence-corrected chi connectivity index (χ1v) is 11.6. The second-order valence-corrected chi connectivity index (χ2v) is 9.14. The van der Waals surface area contributed by atoms with E-state index in [0.717, 1.165) is 0 Å². The van der Waals surface area contributed by atoms with Gasteiger partial charge in [0, 0.05) is 33.8 Å². The summed E-state index contributed by atoms with van der Waals surface area (Å²) in [5, 5.41) is 0. The molecule has 0 aliphatic heterocycles. The number of benzene rings is 2. The minimum atomic E-state index is -0.707. The summed E-state index contributed by atoms with van der Waals surface area (Å²) in [5.41, 5.74) is 3.11. The van der Waals surface area contributed by atoms with Gasteiger partial charge in [0.1, 0.15) is 0 Å². The van der Waals surface area contributed by atoms with E-state index in [1.165, 1.54) is 33.8 Å². The SMILES string of the molecule is C=C(C)C(=O)Oc1cc2c(cc1OC(=O)C(=C)C)C(C)c1c-2ccc(OC(=O)C(=C)C)c1OC(=O)C(=C)C. The number of rotatable bonds is 8. The number of ether oxygens (including phenoxy) is 4. The van der Waals surface area contributed by atoms with E-state index in [2.05, 4.69) is 26.3 Å². The lowest BCUT2D eigenvalue weighted by atomic mass is 9.98. The molecule has 2 aromatic carbocycles. The Morgan fingerprint density at radius 3 is 1.50 bits per heavy atom. The van der Waals surface area contributed by atoms with Gasteiger partial charge in [-0.1, -0.05) is 39.3 Å². The van der Waals surface area contributed by atoms with Crippen LogP contribution < -0.4 is 18.9 Å². The van der Waals surface area contributed by atoms with Gasteiger partial charge in [-0.15, -0.1) is 0 Å². The Bertz CT molecular complexity index is 1460. The maximum atomic E-state index is 12.5. The minimum absolute atomic E-state index is 0.000389. The van der Waals surface area contributed by atoms with E-state index >= 15 is 0 Å². The molecule has 2 aromatic rings. The van der Waals surface area contributed by atoms with Crippen LogP contribution in [-0.4, -0.2) is 23.9 Å². The summed E-state index contributed by atoms with van der Waals surface area (Å²) < 4.78 is 22.0. The molecule has 1 unspecified atom stereocenters. The Kier molecular flexibility index (Phi) is 7.86. The lowest BCUT2D eigenvalue weighted by Gasteiger charge is -2.17. The fourth-order valence-electron chi connectivity index (χ4n) is 3.65. The van der Waals surface area contributed by atoms with Crippen LogP contribution in [0.15, 0.2) is 72.9 Å². The fourth-order valence-corrected chi connectivity index (χ4v) is 3.65. The average molecular weight is 517 g/mol. The second-order valence-electron chi connectivity index (χ2n) is 9.14. The highest BCUT2D eigenvalue weighted by Gasteiger charge is 2.34. The van der Waals surface area contributed by atoms with Crippen LogP contribution in [0.25, 0.3) is 11.1 Å². The van der Waals surface area contributed by atoms with Crippen molar-refractivity contribution in [1.29, 1.82) is 0 Å². The minimum Gasteiger partial charge on any atom is -0.419 e. The van der Waals surface area contributed by atoms with Crippen molar-refractivity contribution in [2.24, 2.45) is 0 Å². The molecule has 0 amide bonds. The lowest BCUT2D eigenvalue weighted by Crippen LogP contribution is -2.14. The highest BCUT2D eigenvalue weighted by molar-refractivity contribution is 5.95. The van der Waals surface area contributed by atoms with Crippen LogP contribution in [0.1, 0.15) is 51.7 Å². The summed E-state index contributed by atoms with van der Waals surface area (Å²) in [7, 11) is 0. The highest BCUT2D eigenvalue weighted by Crippen LogP contribution is 2.54. The molecule has 0 radical (unpaired) electrons. The molecule has 0 heterocycles. The predicted molar refractivity (Wildman–Crippen MR) is 141 cm³/mol. The average Bonchev–Trinajstić information content (AvgIpc) is 3.11. The molecular weight excluding hydrogens is 488 g/mol. The number of carbonyl (C=O) groups excluding carboxylic acids is 4. The topological polar surface area (TPSA) is 105 Å². The summed E-state index contributed by atoms with van der Waals surface area (Å²) in [6.45, 7) is 22.2. The van der Waals surface area contributed by atoms with Crippen LogP contribution in [0.4, 0.5) is 0 Å². The first-order valence-electron chi connectivity index (χ1n) is 11.6. The first kappa shape index (κ1) is 27.9. The van der Waals surface area contributed by atoms with Gasteiger partial charge >= 0.3 is 23.9 Å². The van der Waals surface area contributed by atoms with E-state index in [4.69, 9.17) is 18.9 Å². The maximum absolute atomic E-state index is 12.5. The van der Waals surface area contributed by atoms with Gasteiger partial charge < -0.3 is 18.9 Å². The third-order valence-electron chi connectivity index (χ3n) is 5.66. The molecule has 0 N–H and O–H groups in total. The van der Waals surface area contributed by atoms with E-state index in [1.807, 2.05) is 6.92 Å². The van der Waals surface area contributed by atoms with Crippen molar-refractivity contribution < 1.29 is 38.1 Å². The van der Waals surface area contributed by atoms with Crippen molar-refractivity contribution >= 4 is 23.9 Å². The monoisotopic (exact) mass is 516 g/mol. The van der Waals surface area contributed by atoms with Gasteiger partial charge in [0.2, 0.25) is 0 Å². The van der Waals surface area contributed by atoms with Gasteiger partial charge in [-0.3, -0.25) is 0 Å². The van der Waals surface area contributed by atoms with Crippen molar-refractivity contribution in [1.82, 2.24) is 0 Å². The molecule has 0 bridgehead atoms. The molecule has 38 heavy (non-hydrogen) atoms. The zero-order chi connectivity index (χ0) is 28.5. The second kappa shape index (κ2) is 10.7. The molecule has 1 aliphatic rings. The van der Waals surface area contributed by atoms with Gasteiger partial charge in [-0.2, -0.15) is 0 Å². The molecule has 0 spiro atoms. The molecule has 8 nitrogen and oxygen atoms in total. The van der Waals surface area contributed by atoms with Crippen LogP contribution in [0, 0.1) is 0 Å². The molecule has 0 fully saturated rings. The Morgan fingerprint density at radius 1 is 0.605 bits per heavy atom. The Hall–Kier alpha value is -4.72. The molecule has 3 rings (SSSR count). The molecule has 1 aliphatic carbocycles. The number of hydrogen-bond acceptors (Lipinski definition) is 8. The molecular formula is C30H28O8. The normalized spacial score (nSPS) is 12.9. The van der Waals surface area contributed by atoms with Crippen molar-refractivity contribution in [2.45, 2.75) is 40.5 Å². The number of hydrogen-bond donors (Lipinski definition) is 0. The quantitative estimate of drug-likeness (QED) is 0.248. The number of carbonyl (C=O) groups is 4. The zero-order valence-electron chi connectivity index (χ0n) is 22.0. The standard InChI is InChI=1S/C30H28O8/c1-14(2)27(31)35-22-11-10-19-21-13-24(37-29(33)16(5)6)23(36-28(32)15(3)4)12-20(21)18(9)25(19)26(22)38-30(34)17(7)8/h10-13,18H,1,3,5,7H2,2,4,6,8-9H3. The van der Waals surface area contributed by atoms with Crippen LogP contribution in [-0.2, 0) is 19.2 Å². The molecule has 0 aromatic heterocycles. The van der Waals surface area contributed by atoms with E-state index in [0.29, 0.717) is 22.3 Å². The molecule has 1 atom stereocenters. The Balaban J connectivity index is 2.24. The van der Waals surface area contributed by atoms with Gasteiger partial charge in [0.05, 0.1) is 0 Å². The summed E-state index contributed by atoms with van der Waals surface area (Å²) >= 11 is 0. The first-order chi connectivity index (χ1) is 17.7. The van der Waals surface area contributed by atoms with Gasteiger partial charge in [0.15, 0.2) is 23.0 Å². The van der Waals surface area contributed by atoms with Gasteiger partial charge in [-0.05, 0) is 62.6 Å². The summed E-state index contributed by atoms with van der Waals surface area (Å²) in [4.78, 5) is 49.5. The summed E-state index contributed by atoms with van der Waals surface area (Å²) in [6.07, 6.45) is 0. The molecule has 0 saturated carbocycles. The third-order valence-corrected chi connectivity index (χ3v) is 5.66. The van der Waals surface area contributed by atoms with Crippen molar-refractivity contribution in [3.8, 4) is 34.1 Å². The van der Waals surface area contributed by atoms with Crippen LogP contribution in [0.5, 0.6) is 23.0 Å². The smallest absolute Gasteiger partial charge is 0.338 e. The lowest BCUT2D eigenvalue weighted by molar-refractivity contribution is -0.132. The van der Waals surface area contributed by atoms with Gasteiger partial charge in [0.25, 0.3) is 0 Å². The van der Waals surface area contributed by atoms with E-state index in [9.17, 15) is 19.2 Å². The highest BCUT2D eigenvalue weighted by atomic mass is 16.6. The van der Waals surface area contributed by atoms with Crippen LogP contribution in [0.3, 0.4) is 0 Å². The summed E-state index contributed by atoms with van der Waals surface area (Å²) in [6, 6.07) is 6.33. The van der Waals surface area contributed by atoms with Crippen molar-refractivity contribution in [2.75, 3.05) is 0 Å². The zero-order valence-corrected chi connectivity index (χ0v) is 22.0. The van der Waals surface area contributed by atoms with Gasteiger partial charge in [-0.25, -0.2) is 19.2 Å². The molecule has 196 valence electrons. The van der Waals surface area contributed by atoms with E-state index in [-0.39, 0.29) is 45.3 Å². The van der Waals surface area contributed by atoms with E-state index < -0.39 is 29.8 Å². The van der Waals surface area contributed by atoms with E-state index in [1.54, 1.807) is 18.2 Å². The van der Waals surface area contributed by atoms with Crippen LogP contribution in [0.2, 0.25) is 0 Å². The van der Waals surface area contributed by atoms with Crippen molar-refractivity contribution in [3.05, 3.63) is 84.0 Å². The molecule has 8 heteroatoms. The Labute approximate surface area is 220 Å². The predicted octanol–water partition coefficient (Wildman–Crippen LogP) is 5.74. The fraction of sp³-hybridized carbons (Fsp3) is 0.200. The summed E-state index contributed by atoms with van der Waals surface area (Å²) in [5.74, 6) is -3.17. The largest absolute Gasteiger partial charge is 0.419 e. The van der Waals surface area contributed by atoms with Crippen molar-refractivity contribution in [3.63, 3.8) is 0 Å². The van der Waals surface area contributed by atoms with Crippen LogP contribution >= 0.6 is 0 Å².